The van der Waals surface area contributed by atoms with Crippen LogP contribution in [0, 0.1) is 5.82 Å². The van der Waals surface area contributed by atoms with Crippen LogP contribution in [0.25, 0.3) is 0 Å². The van der Waals surface area contributed by atoms with Crippen LogP contribution >= 0.6 is 0 Å². The first-order chi connectivity index (χ1) is 7.43. The maximum absolute atomic E-state index is 13.1. The van der Waals surface area contributed by atoms with Gasteiger partial charge in [0, 0.05) is 5.56 Å². The van der Waals surface area contributed by atoms with E-state index in [1.807, 2.05) is 0 Å². The molecule has 0 aliphatic heterocycles. The van der Waals surface area contributed by atoms with Crippen molar-refractivity contribution in [2.75, 3.05) is 14.2 Å². The van der Waals surface area contributed by atoms with Gasteiger partial charge in [0.05, 0.1) is 14.2 Å². The van der Waals surface area contributed by atoms with E-state index < -0.39 is 17.3 Å². The average Bonchev–Trinajstić information content (AvgIpc) is 2.27. The van der Waals surface area contributed by atoms with Crippen LogP contribution in [0.1, 0.15) is 12.5 Å². The van der Waals surface area contributed by atoms with Crippen LogP contribution in [-0.4, -0.2) is 20.2 Å². The fourth-order valence-electron chi connectivity index (χ4n) is 1.41. The molecule has 2 N–H and O–H groups in total. The third-order valence-corrected chi connectivity index (χ3v) is 2.33. The third kappa shape index (κ3) is 2.14. The van der Waals surface area contributed by atoms with Gasteiger partial charge >= 0.3 is 5.97 Å². The first-order valence-electron chi connectivity index (χ1n) is 4.64. The summed E-state index contributed by atoms with van der Waals surface area (Å²) in [4.78, 5) is 11.5. The van der Waals surface area contributed by atoms with Crippen LogP contribution in [0.2, 0.25) is 0 Å². The second-order valence-corrected chi connectivity index (χ2v) is 3.54. The predicted octanol–water partition coefficient (Wildman–Crippen LogP) is 1.18. The monoisotopic (exact) mass is 227 g/mol. The minimum absolute atomic E-state index is 0.252. The van der Waals surface area contributed by atoms with Crippen molar-refractivity contribution in [3.63, 3.8) is 0 Å². The molecule has 1 rings (SSSR count). The van der Waals surface area contributed by atoms with Gasteiger partial charge in [0.15, 0.2) is 0 Å². The van der Waals surface area contributed by atoms with Crippen molar-refractivity contribution in [1.29, 1.82) is 0 Å². The number of rotatable bonds is 3. The number of halogens is 1. The lowest BCUT2D eigenvalue weighted by molar-refractivity contribution is -0.146. The number of benzene rings is 1. The Morgan fingerprint density at radius 3 is 2.56 bits per heavy atom. The number of nitrogens with two attached hydrogens (primary N) is 1. The molecule has 0 fully saturated rings. The molecule has 0 aliphatic carbocycles. The molecule has 1 atom stereocenters. The quantitative estimate of drug-likeness (QED) is 0.788. The van der Waals surface area contributed by atoms with E-state index in [2.05, 4.69) is 4.74 Å². The smallest absolute Gasteiger partial charge is 0.330 e. The Morgan fingerprint density at radius 2 is 2.06 bits per heavy atom. The first kappa shape index (κ1) is 12.4. The summed E-state index contributed by atoms with van der Waals surface area (Å²) in [6.07, 6.45) is 0. The highest BCUT2D eigenvalue weighted by Gasteiger charge is 2.34. The highest BCUT2D eigenvalue weighted by Crippen LogP contribution is 2.29. The van der Waals surface area contributed by atoms with Crippen molar-refractivity contribution >= 4 is 5.97 Å². The molecule has 16 heavy (non-hydrogen) atoms. The zero-order chi connectivity index (χ0) is 12.3. The van der Waals surface area contributed by atoms with E-state index in [9.17, 15) is 9.18 Å². The Kier molecular flexibility index (Phi) is 3.49. The van der Waals surface area contributed by atoms with Crippen molar-refractivity contribution < 1.29 is 18.7 Å². The van der Waals surface area contributed by atoms with Gasteiger partial charge in [-0.1, -0.05) is 0 Å². The molecular formula is C11H14FNO3. The largest absolute Gasteiger partial charge is 0.496 e. The minimum atomic E-state index is -1.44. The number of esters is 1. The highest BCUT2D eigenvalue weighted by molar-refractivity contribution is 5.82. The van der Waals surface area contributed by atoms with E-state index in [1.54, 1.807) is 0 Å². The van der Waals surface area contributed by atoms with Crippen LogP contribution in [-0.2, 0) is 15.1 Å². The summed E-state index contributed by atoms with van der Waals surface area (Å²) in [5.41, 5.74) is 4.63. The molecule has 0 radical (unpaired) electrons. The standard InChI is InChI=1S/C11H14FNO3/c1-11(13,10(14)16-3)8-6-7(12)4-5-9(8)15-2/h4-6H,13H2,1-3H3. The lowest BCUT2D eigenvalue weighted by Gasteiger charge is -2.23. The molecule has 0 amide bonds. The molecule has 0 saturated heterocycles. The lowest BCUT2D eigenvalue weighted by Crippen LogP contribution is -2.43. The van der Waals surface area contributed by atoms with Gasteiger partial charge in [-0.3, -0.25) is 0 Å². The number of hydrogen-bond donors (Lipinski definition) is 1. The molecule has 1 unspecified atom stereocenters. The fourth-order valence-corrected chi connectivity index (χ4v) is 1.41. The number of ether oxygens (including phenoxy) is 2. The molecule has 5 heteroatoms. The van der Waals surface area contributed by atoms with Gasteiger partial charge in [0.25, 0.3) is 0 Å². The summed E-state index contributed by atoms with van der Waals surface area (Å²) in [6.45, 7) is 1.44. The van der Waals surface area contributed by atoms with Crippen molar-refractivity contribution in [3.8, 4) is 5.75 Å². The number of carbonyl (C=O) groups excluding carboxylic acids is 1. The average molecular weight is 227 g/mol. The van der Waals surface area contributed by atoms with Crippen molar-refractivity contribution in [1.82, 2.24) is 0 Å². The molecule has 0 spiro atoms. The van der Waals surface area contributed by atoms with Crippen molar-refractivity contribution in [2.45, 2.75) is 12.5 Å². The van der Waals surface area contributed by atoms with Crippen LogP contribution < -0.4 is 10.5 Å². The van der Waals surface area contributed by atoms with Gasteiger partial charge in [0.2, 0.25) is 0 Å². The van der Waals surface area contributed by atoms with E-state index in [-0.39, 0.29) is 5.56 Å². The van der Waals surface area contributed by atoms with Crippen LogP contribution in [0.15, 0.2) is 18.2 Å². The Morgan fingerprint density at radius 1 is 1.44 bits per heavy atom. The second kappa shape index (κ2) is 4.49. The fraction of sp³-hybridized carbons (Fsp3) is 0.364. The third-order valence-electron chi connectivity index (χ3n) is 2.33. The first-order valence-corrected chi connectivity index (χ1v) is 4.64. The molecule has 0 aromatic heterocycles. The lowest BCUT2D eigenvalue weighted by atomic mass is 9.92. The maximum atomic E-state index is 13.1. The Bertz CT molecular complexity index is 404. The summed E-state index contributed by atoms with van der Waals surface area (Å²) in [5.74, 6) is -0.801. The molecule has 0 saturated carbocycles. The number of methoxy groups -OCH3 is 2. The van der Waals surface area contributed by atoms with E-state index in [0.29, 0.717) is 5.75 Å². The van der Waals surface area contributed by atoms with E-state index in [0.717, 1.165) is 6.07 Å². The van der Waals surface area contributed by atoms with E-state index in [4.69, 9.17) is 10.5 Å². The highest BCUT2D eigenvalue weighted by atomic mass is 19.1. The molecule has 4 nitrogen and oxygen atoms in total. The number of carbonyl (C=O) groups is 1. The van der Waals surface area contributed by atoms with Gasteiger partial charge in [-0.15, -0.1) is 0 Å². The van der Waals surface area contributed by atoms with Gasteiger partial charge in [-0.05, 0) is 25.1 Å². The van der Waals surface area contributed by atoms with Gasteiger partial charge in [0.1, 0.15) is 17.1 Å². The van der Waals surface area contributed by atoms with Crippen LogP contribution in [0.5, 0.6) is 5.75 Å². The van der Waals surface area contributed by atoms with E-state index in [1.165, 1.54) is 33.3 Å². The molecule has 1 aromatic rings. The Hall–Kier alpha value is -1.62. The summed E-state index contributed by atoms with van der Waals surface area (Å²) in [6, 6.07) is 3.81. The topological polar surface area (TPSA) is 61.5 Å². The van der Waals surface area contributed by atoms with E-state index >= 15 is 0 Å². The molecule has 0 bridgehead atoms. The summed E-state index contributed by atoms with van der Waals surface area (Å²) in [7, 11) is 2.64. The van der Waals surface area contributed by atoms with Gasteiger partial charge < -0.3 is 15.2 Å². The van der Waals surface area contributed by atoms with Crippen LogP contribution in [0.4, 0.5) is 4.39 Å². The van der Waals surface area contributed by atoms with Crippen molar-refractivity contribution in [3.05, 3.63) is 29.6 Å². The SMILES string of the molecule is COC(=O)C(C)(N)c1cc(F)ccc1OC. The minimum Gasteiger partial charge on any atom is -0.496 e. The maximum Gasteiger partial charge on any atom is 0.330 e. The molecule has 0 aliphatic rings. The molecule has 1 aromatic carbocycles. The second-order valence-electron chi connectivity index (χ2n) is 3.54. The molecule has 0 heterocycles. The van der Waals surface area contributed by atoms with Gasteiger partial charge in [-0.25, -0.2) is 9.18 Å². The molecule has 88 valence electrons. The van der Waals surface area contributed by atoms with Crippen molar-refractivity contribution in [2.24, 2.45) is 5.73 Å². The Labute approximate surface area is 93.2 Å². The summed E-state index contributed by atoms with van der Waals surface area (Å²) < 4.78 is 22.7. The predicted molar refractivity (Wildman–Crippen MR) is 56.5 cm³/mol. The normalized spacial score (nSPS) is 14.1. The Balaban J connectivity index is 3.30. The zero-order valence-electron chi connectivity index (χ0n) is 9.41. The number of hydrogen-bond acceptors (Lipinski definition) is 4. The van der Waals surface area contributed by atoms with Gasteiger partial charge in [-0.2, -0.15) is 0 Å². The molecular weight excluding hydrogens is 213 g/mol. The van der Waals surface area contributed by atoms with Crippen LogP contribution in [0.3, 0.4) is 0 Å². The zero-order valence-corrected chi connectivity index (χ0v) is 9.41. The summed E-state index contributed by atoms with van der Waals surface area (Å²) >= 11 is 0. The summed E-state index contributed by atoms with van der Waals surface area (Å²) in [5, 5.41) is 0.